The number of rotatable bonds is 6. The SMILES string of the molecule is CC1CCCCN1CCCNCC1(O)CCCCC1. The first-order chi connectivity index (χ1) is 9.20. The van der Waals surface area contributed by atoms with Gasteiger partial charge in [0, 0.05) is 12.6 Å². The summed E-state index contributed by atoms with van der Waals surface area (Å²) in [5.74, 6) is 0. The van der Waals surface area contributed by atoms with Gasteiger partial charge in [-0.2, -0.15) is 0 Å². The molecule has 2 aliphatic rings. The quantitative estimate of drug-likeness (QED) is 0.727. The van der Waals surface area contributed by atoms with E-state index in [9.17, 15) is 5.11 Å². The standard InChI is InChI=1S/C16H32N2O/c1-15-8-3-6-12-18(15)13-7-11-17-14-16(19)9-4-2-5-10-16/h15,17,19H,2-14H2,1H3. The Kier molecular flexibility index (Phi) is 6.11. The van der Waals surface area contributed by atoms with Gasteiger partial charge in [-0.15, -0.1) is 0 Å². The predicted octanol–water partition coefficient (Wildman–Crippen LogP) is 2.54. The van der Waals surface area contributed by atoms with E-state index in [4.69, 9.17) is 0 Å². The molecule has 3 nitrogen and oxygen atoms in total. The molecule has 1 unspecified atom stereocenters. The number of hydrogen-bond donors (Lipinski definition) is 2. The Balaban J connectivity index is 1.54. The summed E-state index contributed by atoms with van der Waals surface area (Å²) in [6, 6.07) is 0.774. The second kappa shape index (κ2) is 7.61. The first kappa shape index (κ1) is 15.3. The van der Waals surface area contributed by atoms with Crippen molar-refractivity contribution in [3.63, 3.8) is 0 Å². The van der Waals surface area contributed by atoms with Crippen molar-refractivity contribution in [2.24, 2.45) is 0 Å². The highest BCUT2D eigenvalue weighted by Gasteiger charge is 2.28. The Labute approximate surface area is 118 Å². The summed E-state index contributed by atoms with van der Waals surface area (Å²) in [5.41, 5.74) is -0.406. The number of hydrogen-bond acceptors (Lipinski definition) is 3. The van der Waals surface area contributed by atoms with Gasteiger partial charge in [0.1, 0.15) is 0 Å². The Morgan fingerprint density at radius 2 is 1.95 bits per heavy atom. The fourth-order valence-corrected chi connectivity index (χ4v) is 3.60. The predicted molar refractivity (Wildman–Crippen MR) is 80.4 cm³/mol. The lowest BCUT2D eigenvalue weighted by atomic mass is 9.85. The molecule has 2 rings (SSSR count). The number of piperidine rings is 1. The second-order valence-electron chi connectivity index (χ2n) is 6.70. The normalized spacial score (nSPS) is 28.4. The van der Waals surface area contributed by atoms with E-state index in [1.165, 1.54) is 58.0 Å². The van der Waals surface area contributed by atoms with Crippen molar-refractivity contribution in [2.75, 3.05) is 26.2 Å². The molecule has 0 radical (unpaired) electrons. The lowest BCUT2D eigenvalue weighted by molar-refractivity contribution is 0.00484. The van der Waals surface area contributed by atoms with E-state index in [1.807, 2.05) is 0 Å². The zero-order chi connectivity index (χ0) is 13.6. The van der Waals surface area contributed by atoms with Crippen LogP contribution in [-0.4, -0.2) is 47.8 Å². The van der Waals surface area contributed by atoms with Crippen LogP contribution in [0.15, 0.2) is 0 Å². The summed E-state index contributed by atoms with van der Waals surface area (Å²) >= 11 is 0. The van der Waals surface area contributed by atoms with Crippen LogP contribution in [0.25, 0.3) is 0 Å². The summed E-state index contributed by atoms with van der Waals surface area (Å²) < 4.78 is 0. The lowest BCUT2D eigenvalue weighted by Crippen LogP contribution is -2.43. The van der Waals surface area contributed by atoms with E-state index in [0.29, 0.717) is 0 Å². The maximum absolute atomic E-state index is 10.4. The van der Waals surface area contributed by atoms with Gasteiger partial charge in [0.2, 0.25) is 0 Å². The molecule has 0 amide bonds. The number of nitrogens with zero attached hydrogens (tertiary/aromatic N) is 1. The van der Waals surface area contributed by atoms with Gasteiger partial charge < -0.3 is 15.3 Å². The van der Waals surface area contributed by atoms with Crippen molar-refractivity contribution < 1.29 is 5.11 Å². The molecule has 0 aromatic rings. The first-order valence-corrected chi connectivity index (χ1v) is 8.37. The molecule has 1 saturated heterocycles. The van der Waals surface area contributed by atoms with Gasteiger partial charge in [-0.3, -0.25) is 0 Å². The van der Waals surface area contributed by atoms with Crippen LogP contribution in [0.5, 0.6) is 0 Å². The summed E-state index contributed by atoms with van der Waals surface area (Å²) in [6.07, 6.45) is 11.0. The Morgan fingerprint density at radius 1 is 1.16 bits per heavy atom. The zero-order valence-corrected chi connectivity index (χ0v) is 12.7. The van der Waals surface area contributed by atoms with Crippen LogP contribution < -0.4 is 5.32 Å². The van der Waals surface area contributed by atoms with Gasteiger partial charge in [0.25, 0.3) is 0 Å². The van der Waals surface area contributed by atoms with E-state index < -0.39 is 5.60 Å². The fraction of sp³-hybridized carbons (Fsp3) is 1.00. The molecule has 0 spiro atoms. The highest BCUT2D eigenvalue weighted by molar-refractivity contribution is 4.84. The molecule has 0 aromatic heterocycles. The molecule has 3 heteroatoms. The monoisotopic (exact) mass is 268 g/mol. The molecule has 0 aromatic carbocycles. The summed E-state index contributed by atoms with van der Waals surface area (Å²) in [6.45, 7) is 6.70. The number of nitrogens with one attached hydrogen (secondary N) is 1. The van der Waals surface area contributed by atoms with Crippen molar-refractivity contribution in [2.45, 2.75) is 76.4 Å². The van der Waals surface area contributed by atoms with Gasteiger partial charge in [-0.05, 0) is 58.7 Å². The van der Waals surface area contributed by atoms with Gasteiger partial charge in [0.05, 0.1) is 5.60 Å². The molecule has 112 valence electrons. The maximum atomic E-state index is 10.4. The number of aliphatic hydroxyl groups is 1. The molecule has 19 heavy (non-hydrogen) atoms. The molecule has 1 saturated carbocycles. The second-order valence-corrected chi connectivity index (χ2v) is 6.70. The van der Waals surface area contributed by atoms with Crippen molar-refractivity contribution in [1.29, 1.82) is 0 Å². The Hall–Kier alpha value is -0.120. The van der Waals surface area contributed by atoms with Crippen molar-refractivity contribution in [3.05, 3.63) is 0 Å². The van der Waals surface area contributed by atoms with E-state index >= 15 is 0 Å². The van der Waals surface area contributed by atoms with E-state index in [2.05, 4.69) is 17.1 Å². The molecule has 1 aliphatic carbocycles. The third-order valence-electron chi connectivity index (χ3n) is 4.98. The van der Waals surface area contributed by atoms with Crippen molar-refractivity contribution >= 4 is 0 Å². The van der Waals surface area contributed by atoms with E-state index in [0.717, 1.165) is 32.0 Å². The van der Waals surface area contributed by atoms with Gasteiger partial charge in [-0.1, -0.05) is 25.7 Å². The fourth-order valence-electron chi connectivity index (χ4n) is 3.60. The minimum atomic E-state index is -0.406. The highest BCUT2D eigenvalue weighted by Crippen LogP contribution is 2.27. The highest BCUT2D eigenvalue weighted by atomic mass is 16.3. The lowest BCUT2D eigenvalue weighted by Gasteiger charge is -2.34. The van der Waals surface area contributed by atoms with E-state index in [-0.39, 0.29) is 0 Å². The first-order valence-electron chi connectivity index (χ1n) is 8.37. The molecule has 0 bridgehead atoms. The van der Waals surface area contributed by atoms with Crippen LogP contribution in [0.2, 0.25) is 0 Å². The number of likely N-dealkylation sites (tertiary alicyclic amines) is 1. The van der Waals surface area contributed by atoms with Gasteiger partial charge in [-0.25, -0.2) is 0 Å². The zero-order valence-electron chi connectivity index (χ0n) is 12.7. The Bertz CT molecular complexity index is 251. The molecule has 1 heterocycles. The van der Waals surface area contributed by atoms with Gasteiger partial charge >= 0.3 is 0 Å². The van der Waals surface area contributed by atoms with Crippen molar-refractivity contribution in [1.82, 2.24) is 10.2 Å². The van der Waals surface area contributed by atoms with Crippen LogP contribution in [-0.2, 0) is 0 Å². The minimum Gasteiger partial charge on any atom is -0.389 e. The van der Waals surface area contributed by atoms with Crippen LogP contribution in [0.3, 0.4) is 0 Å². The summed E-state index contributed by atoms with van der Waals surface area (Å²) in [7, 11) is 0. The van der Waals surface area contributed by atoms with Crippen LogP contribution in [0, 0.1) is 0 Å². The summed E-state index contributed by atoms with van der Waals surface area (Å²) in [4.78, 5) is 2.63. The topological polar surface area (TPSA) is 35.5 Å². The largest absolute Gasteiger partial charge is 0.389 e. The molecule has 1 aliphatic heterocycles. The van der Waals surface area contributed by atoms with Crippen molar-refractivity contribution in [3.8, 4) is 0 Å². The van der Waals surface area contributed by atoms with E-state index in [1.54, 1.807) is 0 Å². The molecule has 2 N–H and O–H groups in total. The smallest absolute Gasteiger partial charge is 0.0771 e. The van der Waals surface area contributed by atoms with Gasteiger partial charge in [0.15, 0.2) is 0 Å². The molecule has 2 fully saturated rings. The third-order valence-corrected chi connectivity index (χ3v) is 4.98. The molecule has 1 atom stereocenters. The molecular weight excluding hydrogens is 236 g/mol. The Morgan fingerprint density at radius 3 is 2.68 bits per heavy atom. The maximum Gasteiger partial charge on any atom is 0.0771 e. The van der Waals surface area contributed by atoms with Crippen LogP contribution in [0.4, 0.5) is 0 Å². The third kappa shape index (κ3) is 5.05. The average molecular weight is 268 g/mol. The summed E-state index contributed by atoms with van der Waals surface area (Å²) in [5, 5.41) is 13.9. The minimum absolute atomic E-state index is 0.406. The van der Waals surface area contributed by atoms with Crippen LogP contribution >= 0.6 is 0 Å². The van der Waals surface area contributed by atoms with Crippen LogP contribution in [0.1, 0.15) is 64.7 Å². The molecular formula is C16H32N2O. The average Bonchev–Trinajstić information content (AvgIpc) is 2.41.